The molecule has 0 N–H and O–H groups in total. The quantitative estimate of drug-likeness (QED) is 0.705. The molecule has 0 spiro atoms. The second-order valence-electron chi connectivity index (χ2n) is 3.94. The highest BCUT2D eigenvalue weighted by Gasteiger charge is 2.29. The van der Waals surface area contributed by atoms with Crippen molar-refractivity contribution >= 4 is 9.84 Å². The van der Waals surface area contributed by atoms with Crippen molar-refractivity contribution in [2.24, 2.45) is 0 Å². The first-order valence-corrected chi connectivity index (χ1v) is 6.47. The van der Waals surface area contributed by atoms with E-state index in [0.29, 0.717) is 5.03 Å². The third-order valence-corrected chi connectivity index (χ3v) is 4.33. The molecule has 1 aromatic heterocycles. The van der Waals surface area contributed by atoms with Crippen LogP contribution in [-0.4, -0.2) is 24.0 Å². The average molecular weight is 214 g/mol. The molecule has 0 amide bonds. The zero-order chi connectivity index (χ0) is 10.3. The summed E-state index contributed by atoms with van der Waals surface area (Å²) in [5, 5.41) is 4.57. The van der Waals surface area contributed by atoms with E-state index in [9.17, 15) is 8.42 Å². The van der Waals surface area contributed by atoms with E-state index in [-0.39, 0.29) is 11.8 Å². The van der Waals surface area contributed by atoms with E-state index in [2.05, 4.69) is 5.10 Å². The Morgan fingerprint density at radius 2 is 2.21 bits per heavy atom. The summed E-state index contributed by atoms with van der Waals surface area (Å²) in [6, 6.07) is 0.103. The molecule has 2 heterocycles. The largest absolute Gasteiger partial charge is 0.251 e. The van der Waals surface area contributed by atoms with Crippen LogP contribution in [0, 0.1) is 0 Å². The molecule has 0 aromatic carbocycles. The van der Waals surface area contributed by atoms with Gasteiger partial charge in [-0.3, -0.25) is 4.68 Å². The summed E-state index contributed by atoms with van der Waals surface area (Å²) >= 11 is 0. The van der Waals surface area contributed by atoms with Crippen LogP contribution >= 0.6 is 0 Å². The first-order chi connectivity index (χ1) is 6.52. The Morgan fingerprint density at radius 3 is 2.86 bits per heavy atom. The number of aromatic nitrogens is 2. The molecule has 0 aliphatic carbocycles. The standard InChI is InChI=1S/C9H14N2O2S/c1-7(2)11-9-8(6-10-11)4-3-5-14(9,12)13/h6-7H,3-5H2,1-2H3. The number of rotatable bonds is 1. The SMILES string of the molecule is CC(C)n1ncc2c1S(=O)(=O)CCC2. The number of fused-ring (bicyclic) bond motifs is 1. The van der Waals surface area contributed by atoms with Crippen LogP contribution in [0.1, 0.15) is 31.9 Å². The minimum Gasteiger partial charge on any atom is -0.251 e. The molecule has 14 heavy (non-hydrogen) atoms. The van der Waals surface area contributed by atoms with Crippen molar-refractivity contribution in [1.29, 1.82) is 0 Å². The second-order valence-corrected chi connectivity index (χ2v) is 5.96. The van der Waals surface area contributed by atoms with Gasteiger partial charge >= 0.3 is 0 Å². The maximum absolute atomic E-state index is 11.8. The topological polar surface area (TPSA) is 52.0 Å². The van der Waals surface area contributed by atoms with Crippen molar-refractivity contribution in [3.8, 4) is 0 Å². The summed E-state index contributed by atoms with van der Waals surface area (Å²) in [6.45, 7) is 3.88. The molecule has 4 nitrogen and oxygen atoms in total. The highest BCUT2D eigenvalue weighted by molar-refractivity contribution is 7.91. The van der Waals surface area contributed by atoms with Gasteiger partial charge in [0, 0.05) is 11.6 Å². The fourth-order valence-electron chi connectivity index (χ4n) is 1.82. The van der Waals surface area contributed by atoms with Gasteiger partial charge in [0.2, 0.25) is 0 Å². The monoisotopic (exact) mass is 214 g/mol. The van der Waals surface area contributed by atoms with Crippen molar-refractivity contribution in [2.75, 3.05) is 5.75 Å². The fraction of sp³-hybridized carbons (Fsp3) is 0.667. The molecule has 1 aromatic rings. The minimum absolute atomic E-state index is 0.103. The van der Waals surface area contributed by atoms with Crippen molar-refractivity contribution in [3.05, 3.63) is 11.8 Å². The fourth-order valence-corrected chi connectivity index (χ4v) is 3.63. The molecule has 78 valence electrons. The van der Waals surface area contributed by atoms with E-state index in [1.165, 1.54) is 0 Å². The number of aryl methyl sites for hydroxylation is 1. The van der Waals surface area contributed by atoms with E-state index >= 15 is 0 Å². The lowest BCUT2D eigenvalue weighted by Crippen LogP contribution is -2.20. The summed E-state index contributed by atoms with van der Waals surface area (Å²) < 4.78 is 25.2. The summed E-state index contributed by atoms with van der Waals surface area (Å²) in [7, 11) is -3.07. The Morgan fingerprint density at radius 1 is 1.50 bits per heavy atom. The van der Waals surface area contributed by atoms with Gasteiger partial charge < -0.3 is 0 Å². The highest BCUT2D eigenvalue weighted by Crippen LogP contribution is 2.26. The predicted molar refractivity (Wildman–Crippen MR) is 53.0 cm³/mol. The van der Waals surface area contributed by atoms with Gasteiger partial charge in [-0.2, -0.15) is 5.10 Å². The Hall–Kier alpha value is -0.840. The minimum atomic E-state index is -3.07. The van der Waals surface area contributed by atoms with Crippen LogP contribution in [0.2, 0.25) is 0 Å². The van der Waals surface area contributed by atoms with Gasteiger partial charge in [-0.15, -0.1) is 0 Å². The lowest BCUT2D eigenvalue weighted by Gasteiger charge is -2.16. The molecule has 1 aliphatic rings. The molecule has 0 radical (unpaired) electrons. The Balaban J connectivity index is 2.65. The summed E-state index contributed by atoms with van der Waals surface area (Å²) in [6.07, 6.45) is 3.24. The van der Waals surface area contributed by atoms with Gasteiger partial charge in [-0.05, 0) is 26.7 Å². The zero-order valence-electron chi connectivity index (χ0n) is 8.40. The van der Waals surface area contributed by atoms with Crippen molar-refractivity contribution in [1.82, 2.24) is 9.78 Å². The summed E-state index contributed by atoms with van der Waals surface area (Å²) in [4.78, 5) is 0. The lowest BCUT2D eigenvalue weighted by atomic mass is 10.2. The molecule has 2 rings (SSSR count). The van der Waals surface area contributed by atoms with Gasteiger partial charge in [0.15, 0.2) is 14.9 Å². The Kier molecular flexibility index (Phi) is 2.14. The smallest absolute Gasteiger partial charge is 0.195 e. The lowest BCUT2D eigenvalue weighted by molar-refractivity contribution is 0.472. The normalized spacial score (nSPS) is 19.6. The molecule has 0 saturated carbocycles. The summed E-state index contributed by atoms with van der Waals surface area (Å²) in [5.74, 6) is 0.262. The van der Waals surface area contributed by atoms with Crippen LogP contribution in [0.25, 0.3) is 0 Å². The molecule has 5 heteroatoms. The molecule has 1 aliphatic heterocycles. The number of hydrogen-bond donors (Lipinski definition) is 0. The van der Waals surface area contributed by atoms with Gasteiger partial charge in [-0.25, -0.2) is 8.42 Å². The maximum atomic E-state index is 11.8. The van der Waals surface area contributed by atoms with Crippen LogP contribution in [0.5, 0.6) is 0 Å². The predicted octanol–water partition coefficient (Wildman–Crippen LogP) is 1.18. The molecule has 0 unspecified atom stereocenters. The van der Waals surface area contributed by atoms with Crippen LogP contribution < -0.4 is 0 Å². The van der Waals surface area contributed by atoms with Gasteiger partial charge in [0.25, 0.3) is 0 Å². The maximum Gasteiger partial charge on any atom is 0.195 e. The van der Waals surface area contributed by atoms with Crippen molar-refractivity contribution in [3.63, 3.8) is 0 Å². The third kappa shape index (κ3) is 1.35. The van der Waals surface area contributed by atoms with Crippen molar-refractivity contribution in [2.45, 2.75) is 37.8 Å². The van der Waals surface area contributed by atoms with Crippen LogP contribution in [0.4, 0.5) is 0 Å². The molecular weight excluding hydrogens is 200 g/mol. The number of sulfone groups is 1. The van der Waals surface area contributed by atoms with E-state index in [0.717, 1.165) is 18.4 Å². The van der Waals surface area contributed by atoms with Gasteiger partial charge in [-0.1, -0.05) is 0 Å². The Labute approximate surface area is 83.8 Å². The molecule has 0 saturated heterocycles. The van der Waals surface area contributed by atoms with E-state index in [1.54, 1.807) is 10.9 Å². The van der Waals surface area contributed by atoms with E-state index in [4.69, 9.17) is 0 Å². The van der Waals surface area contributed by atoms with Gasteiger partial charge in [0.05, 0.1) is 11.9 Å². The van der Waals surface area contributed by atoms with E-state index in [1.807, 2.05) is 13.8 Å². The van der Waals surface area contributed by atoms with Crippen LogP contribution in [-0.2, 0) is 16.3 Å². The molecular formula is C9H14N2O2S. The second kappa shape index (κ2) is 3.08. The molecule has 0 bridgehead atoms. The Bertz CT molecular complexity index is 445. The average Bonchev–Trinajstić information content (AvgIpc) is 2.48. The third-order valence-electron chi connectivity index (χ3n) is 2.46. The first kappa shape index (κ1) is 9.71. The first-order valence-electron chi connectivity index (χ1n) is 4.81. The number of nitrogens with zero attached hydrogens (tertiary/aromatic N) is 2. The van der Waals surface area contributed by atoms with E-state index < -0.39 is 9.84 Å². The molecule has 0 fully saturated rings. The highest BCUT2D eigenvalue weighted by atomic mass is 32.2. The van der Waals surface area contributed by atoms with Crippen molar-refractivity contribution < 1.29 is 8.42 Å². The van der Waals surface area contributed by atoms with Crippen LogP contribution in [0.3, 0.4) is 0 Å². The van der Waals surface area contributed by atoms with Crippen LogP contribution in [0.15, 0.2) is 11.2 Å². The summed E-state index contributed by atoms with van der Waals surface area (Å²) in [5.41, 5.74) is 0.880. The number of hydrogen-bond acceptors (Lipinski definition) is 3. The zero-order valence-corrected chi connectivity index (χ0v) is 9.21. The molecule has 0 atom stereocenters. The van der Waals surface area contributed by atoms with Gasteiger partial charge in [0.1, 0.15) is 0 Å².